The maximum atomic E-state index is 7.06. The molecule has 0 aliphatic carbocycles. The van der Waals surface area contributed by atoms with Crippen LogP contribution in [0, 0.1) is 9.11 Å². The van der Waals surface area contributed by atoms with Crippen molar-refractivity contribution < 1.29 is 0 Å². The first-order valence-corrected chi connectivity index (χ1v) is 3.81. The molecule has 6 heteroatoms. The fourth-order valence-corrected chi connectivity index (χ4v) is 0.956. The third kappa shape index (κ3) is 1.76. The summed E-state index contributed by atoms with van der Waals surface area (Å²) in [6, 6.07) is 0. The summed E-state index contributed by atoms with van der Waals surface area (Å²) in [5.74, 6) is 0.0337. The van der Waals surface area contributed by atoms with Gasteiger partial charge < -0.3 is 11.5 Å². The van der Waals surface area contributed by atoms with E-state index in [0.717, 1.165) is 0 Å². The maximum Gasteiger partial charge on any atom is 0.153 e. The van der Waals surface area contributed by atoms with Crippen molar-refractivity contribution in [2.75, 3.05) is 5.73 Å². The summed E-state index contributed by atoms with van der Waals surface area (Å²) in [7, 11) is 0. The highest BCUT2D eigenvalue weighted by molar-refractivity contribution is 14.1. The number of nitrogens with zero attached hydrogens (tertiary/aromatic N) is 2. The largest absolute Gasteiger partial charge is 0.382 e. The lowest BCUT2D eigenvalue weighted by Gasteiger charge is -2.00. The first-order chi connectivity index (χ1) is 5.11. The van der Waals surface area contributed by atoms with Crippen LogP contribution in [0.5, 0.6) is 0 Å². The summed E-state index contributed by atoms with van der Waals surface area (Å²) < 4.78 is 0.669. The van der Waals surface area contributed by atoms with Crippen molar-refractivity contribution in [3.63, 3.8) is 0 Å². The third-order valence-electron chi connectivity index (χ3n) is 1.03. The second-order valence-electron chi connectivity index (χ2n) is 1.84. The molecule has 0 aliphatic rings. The fourth-order valence-electron chi connectivity index (χ4n) is 0.575. The fraction of sp³-hybridized carbons (Fsp3) is 0. The van der Waals surface area contributed by atoms with Gasteiger partial charge in [0, 0.05) is 0 Å². The van der Waals surface area contributed by atoms with Gasteiger partial charge in [-0.05, 0) is 22.6 Å². The van der Waals surface area contributed by atoms with E-state index in [1.807, 2.05) is 22.6 Å². The van der Waals surface area contributed by atoms with E-state index in [-0.39, 0.29) is 17.3 Å². The second kappa shape index (κ2) is 2.99. The van der Waals surface area contributed by atoms with Crippen molar-refractivity contribution >= 4 is 34.2 Å². The van der Waals surface area contributed by atoms with E-state index >= 15 is 0 Å². The van der Waals surface area contributed by atoms with Crippen molar-refractivity contribution in [1.82, 2.24) is 9.97 Å². The highest BCUT2D eigenvalue weighted by Gasteiger charge is 2.04. The Morgan fingerprint density at radius 2 is 2.27 bits per heavy atom. The number of hydrogen-bond donors (Lipinski definition) is 3. The first-order valence-electron chi connectivity index (χ1n) is 2.73. The molecule has 0 bridgehead atoms. The van der Waals surface area contributed by atoms with Crippen molar-refractivity contribution in [2.45, 2.75) is 0 Å². The molecule has 1 aromatic heterocycles. The lowest BCUT2D eigenvalue weighted by molar-refractivity contribution is 1.14. The van der Waals surface area contributed by atoms with E-state index in [0.29, 0.717) is 3.70 Å². The molecule has 0 aromatic carbocycles. The van der Waals surface area contributed by atoms with Crippen molar-refractivity contribution in [3.05, 3.63) is 15.6 Å². The van der Waals surface area contributed by atoms with E-state index in [9.17, 15) is 0 Å². The van der Waals surface area contributed by atoms with Gasteiger partial charge in [-0.2, -0.15) is 0 Å². The zero-order chi connectivity index (χ0) is 8.43. The minimum atomic E-state index is -0.159. The molecule has 0 radical (unpaired) electrons. The molecule has 11 heavy (non-hydrogen) atoms. The number of rotatable bonds is 1. The normalized spacial score (nSPS) is 9.55. The number of nitrogens with one attached hydrogen (secondary N) is 1. The number of nitrogen functional groups attached to an aromatic ring is 2. The average Bonchev–Trinajstić information content (AvgIpc) is 1.94. The Bertz CT molecular complexity index is 297. The van der Waals surface area contributed by atoms with Crippen molar-refractivity contribution in [3.8, 4) is 0 Å². The monoisotopic (exact) mass is 263 g/mol. The molecule has 0 saturated carbocycles. The highest BCUT2D eigenvalue weighted by atomic mass is 127. The van der Waals surface area contributed by atoms with Crippen LogP contribution in [-0.4, -0.2) is 15.8 Å². The van der Waals surface area contributed by atoms with Gasteiger partial charge in [0.1, 0.15) is 15.2 Å². The van der Waals surface area contributed by atoms with Gasteiger partial charge in [0.05, 0.1) is 6.20 Å². The number of hydrogen-bond acceptors (Lipinski definition) is 4. The van der Waals surface area contributed by atoms with Gasteiger partial charge in [-0.3, -0.25) is 5.41 Å². The summed E-state index contributed by atoms with van der Waals surface area (Å²) in [5.41, 5.74) is 10.8. The summed E-state index contributed by atoms with van der Waals surface area (Å²) >= 11 is 1.97. The number of anilines is 1. The molecule has 0 fully saturated rings. The van der Waals surface area contributed by atoms with Gasteiger partial charge >= 0.3 is 0 Å². The SMILES string of the molecule is N=C(N)c1nc(I)cnc1N. The van der Waals surface area contributed by atoms with Crippen LogP contribution < -0.4 is 11.5 Å². The van der Waals surface area contributed by atoms with Gasteiger partial charge in [0.15, 0.2) is 5.82 Å². The van der Waals surface area contributed by atoms with Crippen LogP contribution in [0.25, 0.3) is 0 Å². The molecule has 0 amide bonds. The van der Waals surface area contributed by atoms with Gasteiger partial charge in [-0.25, -0.2) is 9.97 Å². The Kier molecular flexibility index (Phi) is 2.22. The van der Waals surface area contributed by atoms with Gasteiger partial charge in [-0.15, -0.1) is 0 Å². The zero-order valence-electron chi connectivity index (χ0n) is 5.50. The van der Waals surface area contributed by atoms with Crippen LogP contribution in [0.15, 0.2) is 6.20 Å². The Labute approximate surface area is 76.9 Å². The standard InChI is InChI=1S/C5H6IN5/c6-2-1-10-5(9)3(11-2)4(7)8/h1H,(H3,7,8)(H2,9,10). The summed E-state index contributed by atoms with van der Waals surface area (Å²) in [4.78, 5) is 7.71. The molecule has 1 heterocycles. The lowest BCUT2D eigenvalue weighted by Crippen LogP contribution is -2.17. The van der Waals surface area contributed by atoms with E-state index < -0.39 is 0 Å². The summed E-state index contributed by atoms with van der Waals surface area (Å²) in [6.07, 6.45) is 1.52. The molecule has 0 saturated heterocycles. The average molecular weight is 263 g/mol. The summed E-state index contributed by atoms with van der Waals surface area (Å²) in [6.45, 7) is 0. The summed E-state index contributed by atoms with van der Waals surface area (Å²) in [5, 5.41) is 7.06. The van der Waals surface area contributed by atoms with E-state index in [1.54, 1.807) is 0 Å². The Balaban J connectivity index is 3.23. The number of amidine groups is 1. The quantitative estimate of drug-likeness (QED) is 0.375. The van der Waals surface area contributed by atoms with E-state index in [1.165, 1.54) is 6.20 Å². The lowest BCUT2D eigenvalue weighted by atomic mass is 10.4. The van der Waals surface area contributed by atoms with E-state index in [4.69, 9.17) is 16.9 Å². The Morgan fingerprint density at radius 3 is 2.73 bits per heavy atom. The molecule has 58 valence electrons. The molecular weight excluding hydrogens is 257 g/mol. The number of nitrogens with two attached hydrogens (primary N) is 2. The molecule has 5 N–H and O–H groups in total. The maximum absolute atomic E-state index is 7.06. The molecule has 0 unspecified atom stereocenters. The minimum Gasteiger partial charge on any atom is -0.382 e. The topological polar surface area (TPSA) is 102 Å². The second-order valence-corrected chi connectivity index (χ2v) is 2.95. The minimum absolute atomic E-state index is 0.159. The van der Waals surface area contributed by atoms with Crippen LogP contribution in [-0.2, 0) is 0 Å². The molecule has 5 nitrogen and oxygen atoms in total. The first kappa shape index (κ1) is 8.18. The van der Waals surface area contributed by atoms with Crippen LogP contribution in [0.2, 0.25) is 0 Å². The van der Waals surface area contributed by atoms with Crippen molar-refractivity contribution in [1.29, 1.82) is 5.41 Å². The van der Waals surface area contributed by atoms with Crippen LogP contribution in [0.3, 0.4) is 0 Å². The predicted octanol–water partition coefficient (Wildman–Crippen LogP) is -0.0525. The third-order valence-corrected chi connectivity index (χ3v) is 1.55. The van der Waals surface area contributed by atoms with Crippen LogP contribution in [0.4, 0.5) is 5.82 Å². The van der Waals surface area contributed by atoms with Crippen LogP contribution in [0.1, 0.15) is 5.69 Å². The van der Waals surface area contributed by atoms with Gasteiger partial charge in [0.25, 0.3) is 0 Å². The molecule has 1 rings (SSSR count). The molecular formula is C5H6IN5. The Morgan fingerprint density at radius 1 is 1.64 bits per heavy atom. The van der Waals surface area contributed by atoms with Crippen molar-refractivity contribution in [2.24, 2.45) is 5.73 Å². The molecule has 0 spiro atoms. The molecule has 0 aliphatic heterocycles. The number of halogens is 1. The zero-order valence-corrected chi connectivity index (χ0v) is 7.66. The molecule has 0 atom stereocenters. The molecule has 1 aromatic rings. The highest BCUT2D eigenvalue weighted by Crippen LogP contribution is 2.06. The van der Waals surface area contributed by atoms with Gasteiger partial charge in [0.2, 0.25) is 0 Å². The van der Waals surface area contributed by atoms with Crippen LogP contribution >= 0.6 is 22.6 Å². The predicted molar refractivity (Wildman–Crippen MR) is 50.2 cm³/mol. The number of aromatic nitrogens is 2. The van der Waals surface area contributed by atoms with E-state index in [2.05, 4.69) is 9.97 Å². The smallest absolute Gasteiger partial charge is 0.153 e. The van der Waals surface area contributed by atoms with Gasteiger partial charge in [-0.1, -0.05) is 0 Å². The Hall–Kier alpha value is -0.920.